The number of hydrogen-bond donors (Lipinski definition) is 2. The fourth-order valence-electron chi connectivity index (χ4n) is 0.522. The minimum atomic E-state index is -4.70. The largest absolute Gasteiger partial charge is 0.463 e. The van der Waals surface area contributed by atoms with Crippen LogP contribution in [-0.4, -0.2) is 42.6 Å². The SMILES string of the molecule is CC(C)OC(=O)C(C)C.CC(S(=O)(=O)O)S(=O)(=O)O. The Hall–Kier alpha value is -0.710. The van der Waals surface area contributed by atoms with Crippen molar-refractivity contribution >= 4 is 26.2 Å². The second-order valence-corrected chi connectivity index (χ2v) is 8.01. The maximum Gasteiger partial charge on any atom is 0.308 e. The number of carbonyl (C=O) groups excluding carboxylic acids is 1. The Kier molecular flexibility index (Phi) is 8.43. The molecule has 0 aromatic rings. The van der Waals surface area contributed by atoms with Crippen LogP contribution in [0.2, 0.25) is 0 Å². The van der Waals surface area contributed by atoms with Crippen molar-refractivity contribution in [2.45, 2.75) is 45.3 Å². The Morgan fingerprint density at radius 2 is 1.21 bits per heavy atom. The Morgan fingerprint density at radius 3 is 1.26 bits per heavy atom. The monoisotopic (exact) mass is 320 g/mol. The predicted molar refractivity (Wildman–Crippen MR) is 68.6 cm³/mol. The van der Waals surface area contributed by atoms with Gasteiger partial charge in [0.25, 0.3) is 20.2 Å². The number of ether oxygens (including phenoxy) is 1. The van der Waals surface area contributed by atoms with E-state index >= 15 is 0 Å². The molecule has 2 N–H and O–H groups in total. The van der Waals surface area contributed by atoms with E-state index < -0.39 is 24.8 Å². The van der Waals surface area contributed by atoms with E-state index in [-0.39, 0.29) is 18.0 Å². The Labute approximate surface area is 113 Å². The van der Waals surface area contributed by atoms with E-state index in [9.17, 15) is 21.6 Å². The zero-order valence-corrected chi connectivity index (χ0v) is 13.0. The minimum Gasteiger partial charge on any atom is -0.463 e. The lowest BCUT2D eigenvalue weighted by molar-refractivity contribution is -0.151. The van der Waals surface area contributed by atoms with Crippen molar-refractivity contribution in [2.75, 3.05) is 0 Å². The summed E-state index contributed by atoms with van der Waals surface area (Å²) in [7, 11) is -9.40. The second-order valence-electron chi connectivity index (χ2n) is 4.24. The Morgan fingerprint density at radius 1 is 0.895 bits per heavy atom. The molecular weight excluding hydrogens is 300 g/mol. The van der Waals surface area contributed by atoms with Gasteiger partial charge in [-0.3, -0.25) is 13.9 Å². The minimum absolute atomic E-state index is 0.00704. The van der Waals surface area contributed by atoms with Crippen LogP contribution in [0.5, 0.6) is 0 Å². The molecule has 0 aliphatic heterocycles. The standard InChI is InChI=1S/C7H14O2.C2H6O6S2/c1-5(2)7(8)9-6(3)4;1-2(9(3,4)5)10(6,7)8/h5-6H,1-4H3;2H,1H3,(H,3,4,5)(H,6,7,8). The molecular formula is C9H20O8S2. The lowest BCUT2D eigenvalue weighted by Crippen LogP contribution is -2.25. The highest BCUT2D eigenvalue weighted by molar-refractivity contribution is 8.03. The number of rotatable bonds is 4. The van der Waals surface area contributed by atoms with Gasteiger partial charge in [-0.25, -0.2) is 0 Å². The van der Waals surface area contributed by atoms with Crippen LogP contribution in [0.15, 0.2) is 0 Å². The molecule has 0 aromatic heterocycles. The third kappa shape index (κ3) is 10.9. The summed E-state index contributed by atoms with van der Waals surface area (Å²) in [6, 6.07) is 0. The summed E-state index contributed by atoms with van der Waals surface area (Å²) >= 11 is 0. The van der Waals surface area contributed by atoms with Gasteiger partial charge in [-0.2, -0.15) is 16.8 Å². The number of hydrogen-bond acceptors (Lipinski definition) is 6. The summed E-state index contributed by atoms with van der Waals surface area (Å²) in [5, 5.41) is 0. The van der Waals surface area contributed by atoms with E-state index in [2.05, 4.69) is 0 Å². The van der Waals surface area contributed by atoms with Crippen LogP contribution in [0.4, 0.5) is 0 Å². The molecule has 0 aliphatic rings. The number of esters is 1. The molecule has 0 saturated carbocycles. The van der Waals surface area contributed by atoms with Crippen LogP contribution < -0.4 is 0 Å². The van der Waals surface area contributed by atoms with Crippen molar-refractivity contribution in [1.82, 2.24) is 0 Å². The van der Waals surface area contributed by atoms with E-state index in [0.717, 1.165) is 0 Å². The molecule has 0 atom stereocenters. The fraction of sp³-hybridized carbons (Fsp3) is 0.889. The highest BCUT2D eigenvalue weighted by Gasteiger charge is 2.29. The maximum atomic E-state index is 10.7. The van der Waals surface area contributed by atoms with Crippen LogP contribution in [0.3, 0.4) is 0 Å². The molecule has 10 heteroatoms. The molecule has 0 unspecified atom stereocenters. The zero-order valence-electron chi connectivity index (χ0n) is 11.4. The summed E-state index contributed by atoms with van der Waals surface area (Å²) in [6.45, 7) is 8.00. The molecule has 0 bridgehead atoms. The normalized spacial score (nSPS) is 12.3. The molecule has 0 rings (SSSR count). The van der Waals surface area contributed by atoms with Gasteiger partial charge < -0.3 is 4.74 Å². The first-order valence-corrected chi connectivity index (χ1v) is 8.33. The van der Waals surface area contributed by atoms with Crippen molar-refractivity contribution in [3.8, 4) is 0 Å². The molecule has 0 aromatic carbocycles. The Bertz CT molecular complexity index is 442. The molecule has 116 valence electrons. The van der Waals surface area contributed by atoms with Crippen LogP contribution >= 0.6 is 0 Å². The summed E-state index contributed by atoms with van der Waals surface area (Å²) in [4.78, 5) is 10.7. The first-order valence-electron chi connectivity index (χ1n) is 5.32. The quantitative estimate of drug-likeness (QED) is 0.571. The Balaban J connectivity index is 0. The first-order chi connectivity index (χ1) is 8.19. The van der Waals surface area contributed by atoms with Gasteiger partial charge in [0.1, 0.15) is 0 Å². The van der Waals surface area contributed by atoms with Crippen molar-refractivity contribution in [3.63, 3.8) is 0 Å². The van der Waals surface area contributed by atoms with Crippen LogP contribution in [0.25, 0.3) is 0 Å². The highest BCUT2D eigenvalue weighted by Crippen LogP contribution is 2.03. The molecule has 0 fully saturated rings. The smallest absolute Gasteiger partial charge is 0.308 e. The van der Waals surface area contributed by atoms with Crippen molar-refractivity contribution in [2.24, 2.45) is 5.92 Å². The third-order valence-electron chi connectivity index (χ3n) is 1.66. The van der Waals surface area contributed by atoms with Gasteiger partial charge in [-0.1, -0.05) is 13.8 Å². The van der Waals surface area contributed by atoms with Gasteiger partial charge in [0.05, 0.1) is 12.0 Å². The average molecular weight is 320 g/mol. The van der Waals surface area contributed by atoms with Gasteiger partial charge >= 0.3 is 5.97 Å². The molecule has 8 nitrogen and oxygen atoms in total. The molecule has 0 spiro atoms. The lowest BCUT2D eigenvalue weighted by Gasteiger charge is -2.08. The van der Waals surface area contributed by atoms with E-state index in [1.54, 1.807) is 0 Å². The van der Waals surface area contributed by atoms with E-state index in [1.807, 2.05) is 27.7 Å². The van der Waals surface area contributed by atoms with Gasteiger partial charge in [0, 0.05) is 0 Å². The molecule has 19 heavy (non-hydrogen) atoms. The maximum absolute atomic E-state index is 10.7. The average Bonchev–Trinajstić information content (AvgIpc) is 2.13. The fourth-order valence-corrected chi connectivity index (χ4v) is 1.75. The molecule has 0 amide bonds. The van der Waals surface area contributed by atoms with Crippen molar-refractivity contribution < 1.29 is 35.5 Å². The van der Waals surface area contributed by atoms with E-state index in [1.165, 1.54) is 0 Å². The van der Waals surface area contributed by atoms with Gasteiger partial charge in [-0.15, -0.1) is 0 Å². The van der Waals surface area contributed by atoms with Crippen LogP contribution in [0, 0.1) is 5.92 Å². The van der Waals surface area contributed by atoms with Crippen LogP contribution in [-0.2, 0) is 29.8 Å². The molecule has 0 saturated heterocycles. The van der Waals surface area contributed by atoms with E-state index in [4.69, 9.17) is 13.8 Å². The topological polar surface area (TPSA) is 135 Å². The highest BCUT2D eigenvalue weighted by atomic mass is 32.3. The first kappa shape index (κ1) is 20.6. The molecule has 0 aliphatic carbocycles. The lowest BCUT2D eigenvalue weighted by atomic mass is 10.2. The van der Waals surface area contributed by atoms with Crippen molar-refractivity contribution in [1.29, 1.82) is 0 Å². The predicted octanol–water partition coefficient (Wildman–Crippen LogP) is 0.702. The summed E-state index contributed by atoms with van der Waals surface area (Å²) < 4.78 is 58.8. The summed E-state index contributed by atoms with van der Waals surface area (Å²) in [5.41, 5.74) is 0. The second kappa shape index (κ2) is 7.78. The molecule has 0 heterocycles. The van der Waals surface area contributed by atoms with E-state index in [0.29, 0.717) is 6.92 Å². The molecule has 0 radical (unpaired) electrons. The van der Waals surface area contributed by atoms with Gasteiger partial charge in [-0.05, 0) is 20.8 Å². The number of carbonyl (C=O) groups is 1. The van der Waals surface area contributed by atoms with Crippen molar-refractivity contribution in [3.05, 3.63) is 0 Å². The zero-order chi connectivity index (χ0) is 16.0. The van der Waals surface area contributed by atoms with Gasteiger partial charge in [0.15, 0.2) is 0 Å². The van der Waals surface area contributed by atoms with Gasteiger partial charge in [0.2, 0.25) is 4.58 Å². The summed E-state index contributed by atoms with van der Waals surface area (Å²) in [5.74, 6) is -0.127. The summed E-state index contributed by atoms with van der Waals surface area (Å²) in [6.07, 6.45) is 0.0138. The van der Waals surface area contributed by atoms with Crippen LogP contribution in [0.1, 0.15) is 34.6 Å². The third-order valence-corrected chi connectivity index (χ3v) is 4.80.